The normalized spacial score (nSPS) is 10.3. The van der Waals surface area contributed by atoms with Crippen molar-refractivity contribution in [3.8, 4) is 5.75 Å². The van der Waals surface area contributed by atoms with Gasteiger partial charge < -0.3 is 14.4 Å². The number of halogens is 1. The summed E-state index contributed by atoms with van der Waals surface area (Å²) in [7, 11) is 1.67. The highest BCUT2D eigenvalue weighted by atomic mass is 35.5. The van der Waals surface area contributed by atoms with Crippen molar-refractivity contribution in [2.24, 2.45) is 0 Å². The number of hydrogen-bond donors (Lipinski definition) is 0. The van der Waals surface area contributed by atoms with Gasteiger partial charge in [0.15, 0.2) is 6.61 Å². The molecule has 0 atom stereocenters. The summed E-state index contributed by atoms with van der Waals surface area (Å²) < 4.78 is 10.5. The molecule has 138 valence electrons. The van der Waals surface area contributed by atoms with Crippen molar-refractivity contribution in [1.29, 1.82) is 0 Å². The lowest BCUT2D eigenvalue weighted by Gasteiger charge is -2.17. The fraction of sp³-hybridized carbons (Fsp3) is 0.300. The largest absolute Gasteiger partial charge is 0.494 e. The number of amides is 1. The number of benzene rings is 2. The first-order valence-corrected chi connectivity index (χ1v) is 8.72. The molecule has 0 N–H and O–H groups in total. The van der Waals surface area contributed by atoms with Gasteiger partial charge in [0.25, 0.3) is 5.91 Å². The molecule has 0 unspecified atom stereocenters. The first kappa shape index (κ1) is 19.8. The molecule has 0 radical (unpaired) electrons. The zero-order chi connectivity index (χ0) is 18.9. The minimum absolute atomic E-state index is 0.0373. The van der Waals surface area contributed by atoms with Gasteiger partial charge in [0.2, 0.25) is 0 Å². The maximum absolute atomic E-state index is 12.1. The lowest BCUT2D eigenvalue weighted by atomic mass is 10.1. The Morgan fingerprint density at radius 3 is 2.42 bits per heavy atom. The van der Waals surface area contributed by atoms with E-state index in [1.807, 2.05) is 31.2 Å². The van der Waals surface area contributed by atoms with Gasteiger partial charge in [-0.25, -0.2) is 0 Å². The van der Waals surface area contributed by atoms with Gasteiger partial charge in [-0.3, -0.25) is 9.59 Å². The molecule has 0 saturated carbocycles. The zero-order valence-electron chi connectivity index (χ0n) is 14.9. The van der Waals surface area contributed by atoms with Crippen molar-refractivity contribution in [2.75, 3.05) is 20.3 Å². The molecule has 0 aliphatic carbocycles. The molecular formula is C20H22ClNO4. The average molecular weight is 376 g/mol. The van der Waals surface area contributed by atoms with Crippen molar-refractivity contribution in [3.63, 3.8) is 0 Å². The summed E-state index contributed by atoms with van der Waals surface area (Å²) in [5, 5.41) is 0.503. The number of esters is 1. The molecule has 2 rings (SSSR count). The van der Waals surface area contributed by atoms with E-state index in [0.717, 1.165) is 11.3 Å². The van der Waals surface area contributed by atoms with E-state index in [0.29, 0.717) is 23.7 Å². The van der Waals surface area contributed by atoms with Gasteiger partial charge >= 0.3 is 5.97 Å². The summed E-state index contributed by atoms with van der Waals surface area (Å²) in [6, 6.07) is 14.6. The smallest absolute Gasteiger partial charge is 0.310 e. The third-order valence-electron chi connectivity index (χ3n) is 3.73. The van der Waals surface area contributed by atoms with Crippen LogP contribution >= 0.6 is 11.6 Å². The molecule has 2 aromatic carbocycles. The molecule has 0 aromatic heterocycles. The van der Waals surface area contributed by atoms with Crippen LogP contribution in [0.4, 0.5) is 0 Å². The van der Waals surface area contributed by atoms with E-state index in [1.165, 1.54) is 4.90 Å². The minimum Gasteiger partial charge on any atom is -0.494 e. The molecule has 2 aromatic rings. The first-order valence-electron chi connectivity index (χ1n) is 8.34. The number of hydrogen-bond acceptors (Lipinski definition) is 4. The SMILES string of the molecule is CCOc1ccc(CN(C)C(=O)COC(=O)Cc2ccccc2Cl)cc1. The van der Waals surface area contributed by atoms with Crippen molar-refractivity contribution in [1.82, 2.24) is 4.90 Å². The second-order valence-corrected chi connectivity index (χ2v) is 6.16. The van der Waals surface area contributed by atoms with E-state index in [2.05, 4.69) is 0 Å². The van der Waals surface area contributed by atoms with Crippen molar-refractivity contribution in [2.45, 2.75) is 19.9 Å². The number of nitrogens with zero attached hydrogens (tertiary/aromatic N) is 1. The molecule has 6 heteroatoms. The molecule has 0 saturated heterocycles. The maximum Gasteiger partial charge on any atom is 0.310 e. The summed E-state index contributed by atoms with van der Waals surface area (Å²) in [4.78, 5) is 25.5. The summed E-state index contributed by atoms with van der Waals surface area (Å²) in [6.07, 6.45) is 0.0373. The van der Waals surface area contributed by atoms with Crippen LogP contribution in [0, 0.1) is 0 Å². The summed E-state index contributed by atoms with van der Waals surface area (Å²) in [6.45, 7) is 2.66. The van der Waals surface area contributed by atoms with Gasteiger partial charge in [-0.15, -0.1) is 0 Å². The van der Waals surface area contributed by atoms with Crippen molar-refractivity contribution >= 4 is 23.5 Å². The van der Waals surface area contributed by atoms with Crippen LogP contribution in [0.2, 0.25) is 5.02 Å². The fourth-order valence-electron chi connectivity index (χ4n) is 2.32. The van der Waals surface area contributed by atoms with E-state index in [9.17, 15) is 9.59 Å². The third kappa shape index (κ3) is 6.08. The molecule has 0 aliphatic rings. The van der Waals surface area contributed by atoms with Crippen LogP contribution in [0.5, 0.6) is 5.75 Å². The number of rotatable bonds is 8. The van der Waals surface area contributed by atoms with Gasteiger partial charge in [0.05, 0.1) is 13.0 Å². The van der Waals surface area contributed by atoms with Crippen molar-refractivity contribution < 1.29 is 19.1 Å². The second-order valence-electron chi connectivity index (χ2n) is 5.76. The molecule has 26 heavy (non-hydrogen) atoms. The molecule has 0 spiro atoms. The lowest BCUT2D eigenvalue weighted by Crippen LogP contribution is -2.31. The summed E-state index contributed by atoms with van der Waals surface area (Å²) in [5.74, 6) is 0.0334. The van der Waals surface area contributed by atoms with E-state index >= 15 is 0 Å². The van der Waals surface area contributed by atoms with E-state index in [-0.39, 0.29) is 18.9 Å². The second kappa shape index (κ2) is 9.82. The van der Waals surface area contributed by atoms with Crippen LogP contribution in [0.3, 0.4) is 0 Å². The minimum atomic E-state index is -0.485. The van der Waals surface area contributed by atoms with E-state index in [1.54, 1.807) is 31.3 Å². The van der Waals surface area contributed by atoms with Crippen LogP contribution < -0.4 is 4.74 Å². The molecule has 5 nitrogen and oxygen atoms in total. The van der Waals surface area contributed by atoms with Crippen LogP contribution in [0.1, 0.15) is 18.1 Å². The number of ether oxygens (including phenoxy) is 2. The molecular weight excluding hydrogens is 354 g/mol. The molecule has 0 aliphatic heterocycles. The lowest BCUT2D eigenvalue weighted by molar-refractivity contribution is -0.151. The van der Waals surface area contributed by atoms with Crippen molar-refractivity contribution in [3.05, 3.63) is 64.7 Å². The number of carbonyl (C=O) groups excluding carboxylic acids is 2. The Hall–Kier alpha value is -2.53. The van der Waals surface area contributed by atoms with Gasteiger partial charge in [-0.05, 0) is 36.2 Å². The van der Waals surface area contributed by atoms with Gasteiger partial charge in [0.1, 0.15) is 5.75 Å². The zero-order valence-corrected chi connectivity index (χ0v) is 15.7. The number of likely N-dealkylation sites (N-methyl/N-ethyl adjacent to an activating group) is 1. The van der Waals surface area contributed by atoms with Gasteiger partial charge in [0, 0.05) is 18.6 Å². The van der Waals surface area contributed by atoms with Crippen LogP contribution in [0.25, 0.3) is 0 Å². The summed E-state index contributed by atoms with van der Waals surface area (Å²) >= 11 is 6.01. The topological polar surface area (TPSA) is 55.8 Å². The Kier molecular flexibility index (Phi) is 7.48. The highest BCUT2D eigenvalue weighted by molar-refractivity contribution is 6.31. The Labute approximate surface area is 158 Å². The van der Waals surface area contributed by atoms with Crippen LogP contribution in [-0.4, -0.2) is 37.0 Å². The highest BCUT2D eigenvalue weighted by Crippen LogP contribution is 2.16. The van der Waals surface area contributed by atoms with Gasteiger partial charge in [-0.2, -0.15) is 0 Å². The first-order chi connectivity index (χ1) is 12.5. The molecule has 0 heterocycles. The summed E-state index contributed by atoms with van der Waals surface area (Å²) in [5.41, 5.74) is 1.64. The fourth-order valence-corrected chi connectivity index (χ4v) is 2.52. The Bertz CT molecular complexity index is 746. The van der Waals surface area contributed by atoms with Gasteiger partial charge in [-0.1, -0.05) is 41.9 Å². The Balaban J connectivity index is 1.79. The quantitative estimate of drug-likeness (QED) is 0.663. The Morgan fingerprint density at radius 2 is 1.77 bits per heavy atom. The highest BCUT2D eigenvalue weighted by Gasteiger charge is 2.14. The predicted octanol–water partition coefficient (Wildman–Crippen LogP) is 3.48. The van der Waals surface area contributed by atoms with Crippen LogP contribution in [0.15, 0.2) is 48.5 Å². The van der Waals surface area contributed by atoms with E-state index in [4.69, 9.17) is 21.1 Å². The molecule has 1 amide bonds. The molecule has 0 fully saturated rings. The predicted molar refractivity (Wildman–Crippen MR) is 100 cm³/mol. The maximum atomic E-state index is 12.1. The van der Waals surface area contributed by atoms with Crippen LogP contribution in [-0.2, 0) is 27.3 Å². The Morgan fingerprint density at radius 1 is 1.08 bits per heavy atom. The standard InChI is InChI=1S/C20H22ClNO4/c1-3-25-17-10-8-15(9-11-17)13-22(2)19(23)14-26-20(24)12-16-6-4-5-7-18(16)21/h4-11H,3,12-14H2,1-2H3. The van der Waals surface area contributed by atoms with E-state index < -0.39 is 5.97 Å². The third-order valence-corrected chi connectivity index (χ3v) is 4.10. The number of carbonyl (C=O) groups is 2. The average Bonchev–Trinajstić information content (AvgIpc) is 2.63. The monoisotopic (exact) mass is 375 g/mol. The molecule has 0 bridgehead atoms.